The van der Waals surface area contributed by atoms with E-state index in [1.165, 1.54) is 4.68 Å². The summed E-state index contributed by atoms with van der Waals surface area (Å²) >= 11 is 0. The van der Waals surface area contributed by atoms with Gasteiger partial charge in [-0.2, -0.15) is 10.2 Å². The van der Waals surface area contributed by atoms with Gasteiger partial charge in [0.25, 0.3) is 0 Å². The molecule has 0 radical (unpaired) electrons. The molecular formula is C30H45N5O4. The van der Waals surface area contributed by atoms with E-state index in [0.717, 1.165) is 0 Å². The topological polar surface area (TPSA) is 125 Å². The Labute approximate surface area is 232 Å². The van der Waals surface area contributed by atoms with Gasteiger partial charge in [-0.3, -0.25) is 19.2 Å². The number of Topliss-reactive ketones (excluding diaryl/α,β-unsaturated/α-hetero) is 4. The predicted octanol–water partition coefficient (Wildman–Crippen LogP) is 6.45. The van der Waals surface area contributed by atoms with Crippen molar-refractivity contribution in [2.75, 3.05) is 0 Å². The number of hydrogen-bond donors (Lipinski definition) is 0. The van der Waals surface area contributed by atoms with Crippen LogP contribution in [-0.4, -0.2) is 48.3 Å². The number of carbonyl (C=O) groups is 4. The summed E-state index contributed by atoms with van der Waals surface area (Å²) < 4.78 is 1.52. The molecule has 2 rings (SSSR count). The lowest BCUT2D eigenvalue weighted by atomic mass is 9.83. The lowest BCUT2D eigenvalue weighted by Crippen LogP contribution is -2.25. The van der Waals surface area contributed by atoms with Crippen LogP contribution in [0.2, 0.25) is 0 Å². The number of aromatic nitrogens is 5. The first-order valence-corrected chi connectivity index (χ1v) is 14.1. The summed E-state index contributed by atoms with van der Waals surface area (Å²) in [6.45, 7) is 20.4. The van der Waals surface area contributed by atoms with Crippen molar-refractivity contribution in [2.24, 2.45) is 17.8 Å². The molecule has 39 heavy (non-hydrogen) atoms. The van der Waals surface area contributed by atoms with Crippen molar-refractivity contribution in [3.05, 3.63) is 33.9 Å². The van der Waals surface area contributed by atoms with Gasteiger partial charge in [-0.15, -0.1) is 5.10 Å². The van der Waals surface area contributed by atoms with Gasteiger partial charge in [0.15, 0.2) is 28.8 Å². The Morgan fingerprint density at radius 3 is 1.62 bits per heavy atom. The van der Waals surface area contributed by atoms with Gasteiger partial charge in [0.05, 0.1) is 22.5 Å². The maximum atomic E-state index is 13.4. The number of rotatable bonds is 14. The number of nitrogens with zero attached hydrogens (tertiary/aromatic N) is 5. The molecule has 0 aliphatic rings. The summed E-state index contributed by atoms with van der Waals surface area (Å²) in [5.74, 6) is -1.84. The van der Waals surface area contributed by atoms with E-state index in [2.05, 4.69) is 20.5 Å². The van der Waals surface area contributed by atoms with Gasteiger partial charge in [-0.1, -0.05) is 67.5 Å². The van der Waals surface area contributed by atoms with Gasteiger partial charge in [0, 0.05) is 36.1 Å². The Hall–Kier alpha value is -3.10. The zero-order chi connectivity index (χ0) is 29.8. The molecular weight excluding hydrogens is 494 g/mol. The van der Waals surface area contributed by atoms with Crippen molar-refractivity contribution >= 4 is 23.1 Å². The first-order valence-electron chi connectivity index (χ1n) is 14.1. The van der Waals surface area contributed by atoms with Crippen LogP contribution in [-0.2, 0) is 0 Å². The minimum absolute atomic E-state index is 0.0714. The highest BCUT2D eigenvalue weighted by Gasteiger charge is 2.32. The molecule has 0 fully saturated rings. The first-order chi connectivity index (χ1) is 18.1. The molecule has 0 aliphatic carbocycles. The Bertz CT molecular complexity index is 1220. The fraction of sp³-hybridized carbons (Fsp3) is 0.667. The van der Waals surface area contributed by atoms with Gasteiger partial charge in [-0.05, 0) is 32.6 Å². The molecule has 0 saturated carbocycles. The highest BCUT2D eigenvalue weighted by molar-refractivity contribution is 6.11. The average Bonchev–Trinajstić information content (AvgIpc) is 3.31. The maximum Gasteiger partial charge on any atom is 0.185 e. The van der Waals surface area contributed by atoms with Gasteiger partial charge in [0.2, 0.25) is 0 Å². The van der Waals surface area contributed by atoms with Gasteiger partial charge >= 0.3 is 0 Å². The monoisotopic (exact) mass is 539 g/mol. The molecule has 0 bridgehead atoms. The Morgan fingerprint density at radius 1 is 0.667 bits per heavy atom. The highest BCUT2D eigenvalue weighted by atomic mass is 16.1. The van der Waals surface area contributed by atoms with Crippen LogP contribution >= 0.6 is 0 Å². The average molecular weight is 540 g/mol. The Balaban J connectivity index is 2.39. The zero-order valence-electron chi connectivity index (χ0n) is 25.5. The van der Waals surface area contributed by atoms with Crippen LogP contribution in [0.5, 0.6) is 0 Å². The van der Waals surface area contributed by atoms with E-state index in [1.54, 1.807) is 13.8 Å². The molecule has 1 atom stereocenters. The fourth-order valence-electron chi connectivity index (χ4n) is 4.46. The highest BCUT2D eigenvalue weighted by Crippen LogP contribution is 2.32. The second-order valence-corrected chi connectivity index (χ2v) is 12.0. The van der Waals surface area contributed by atoms with E-state index < -0.39 is 0 Å². The SMILES string of the molecule is CC(C)C(=O)c1c(C(C)C)nnc(C(C)CCCC(=O)c2nnn(C(C)C)c2C(=O)C(C)C)c1C(=O)C(C)C. The van der Waals surface area contributed by atoms with Gasteiger partial charge in [0.1, 0.15) is 5.69 Å². The maximum absolute atomic E-state index is 13.4. The van der Waals surface area contributed by atoms with Crippen molar-refractivity contribution < 1.29 is 19.2 Å². The number of ketones is 4. The minimum Gasteiger partial charge on any atom is -0.294 e. The van der Waals surface area contributed by atoms with Crippen molar-refractivity contribution in [3.63, 3.8) is 0 Å². The third-order valence-electron chi connectivity index (χ3n) is 6.83. The Morgan fingerprint density at radius 2 is 1.15 bits per heavy atom. The summed E-state index contributed by atoms with van der Waals surface area (Å²) in [7, 11) is 0. The van der Waals surface area contributed by atoms with Crippen molar-refractivity contribution in [2.45, 2.75) is 113 Å². The zero-order valence-corrected chi connectivity index (χ0v) is 25.5. The van der Waals surface area contributed by atoms with Gasteiger partial charge < -0.3 is 0 Å². The molecule has 1 unspecified atom stereocenters. The quantitative estimate of drug-likeness (QED) is 0.251. The van der Waals surface area contributed by atoms with E-state index in [-0.39, 0.29) is 76.6 Å². The van der Waals surface area contributed by atoms with Crippen LogP contribution in [0.3, 0.4) is 0 Å². The molecule has 2 heterocycles. The van der Waals surface area contributed by atoms with Crippen LogP contribution in [0.1, 0.15) is 166 Å². The molecule has 9 heteroatoms. The van der Waals surface area contributed by atoms with Gasteiger partial charge in [-0.25, -0.2) is 4.68 Å². The number of carbonyl (C=O) groups excluding carboxylic acids is 4. The standard InChI is InChI=1S/C30H45N5O4/c1-15(2)24-22(28(37)16(3)4)23(29(38)17(5)6)25(32-31-24)20(11)13-12-14-21(36)26-27(30(39)18(7)8)35(19(9)10)34-33-26/h15-20H,12-14H2,1-11H3. The largest absolute Gasteiger partial charge is 0.294 e. The van der Waals surface area contributed by atoms with E-state index in [9.17, 15) is 19.2 Å². The molecule has 0 aliphatic heterocycles. The van der Waals surface area contributed by atoms with Crippen LogP contribution in [0.4, 0.5) is 0 Å². The molecule has 0 N–H and O–H groups in total. The second kappa shape index (κ2) is 13.3. The smallest absolute Gasteiger partial charge is 0.185 e. The second-order valence-electron chi connectivity index (χ2n) is 12.0. The van der Waals surface area contributed by atoms with Crippen LogP contribution in [0, 0.1) is 17.8 Å². The molecule has 0 saturated heterocycles. The van der Waals surface area contributed by atoms with E-state index >= 15 is 0 Å². The summed E-state index contributed by atoms with van der Waals surface area (Å²) in [5.41, 5.74) is 2.15. The molecule has 2 aromatic heterocycles. The van der Waals surface area contributed by atoms with Crippen molar-refractivity contribution in [3.8, 4) is 0 Å². The lowest BCUT2D eigenvalue weighted by Gasteiger charge is -2.22. The van der Waals surface area contributed by atoms with Crippen LogP contribution in [0.15, 0.2) is 0 Å². The first kappa shape index (κ1) is 32.1. The summed E-state index contributed by atoms with van der Waals surface area (Å²) in [4.78, 5) is 52.8. The summed E-state index contributed by atoms with van der Waals surface area (Å²) in [6.07, 6.45) is 1.20. The lowest BCUT2D eigenvalue weighted by molar-refractivity contribution is 0.0901. The summed E-state index contributed by atoms with van der Waals surface area (Å²) in [6, 6.07) is -0.108. The van der Waals surface area contributed by atoms with E-state index in [4.69, 9.17) is 0 Å². The molecule has 0 amide bonds. The molecule has 9 nitrogen and oxygen atoms in total. The minimum atomic E-state index is -0.319. The summed E-state index contributed by atoms with van der Waals surface area (Å²) in [5, 5.41) is 17.0. The molecule has 2 aromatic rings. The third kappa shape index (κ3) is 7.11. The van der Waals surface area contributed by atoms with E-state index in [1.807, 2.05) is 62.3 Å². The molecule has 0 spiro atoms. The van der Waals surface area contributed by atoms with E-state index in [0.29, 0.717) is 35.4 Å². The molecule has 0 aromatic carbocycles. The predicted molar refractivity (Wildman–Crippen MR) is 151 cm³/mol. The third-order valence-corrected chi connectivity index (χ3v) is 6.83. The van der Waals surface area contributed by atoms with Crippen molar-refractivity contribution in [1.82, 2.24) is 25.2 Å². The fourth-order valence-corrected chi connectivity index (χ4v) is 4.46. The number of hydrogen-bond acceptors (Lipinski definition) is 8. The van der Waals surface area contributed by atoms with Crippen LogP contribution < -0.4 is 0 Å². The van der Waals surface area contributed by atoms with Crippen molar-refractivity contribution in [1.29, 1.82) is 0 Å². The normalized spacial score (nSPS) is 12.7. The van der Waals surface area contributed by atoms with Crippen LogP contribution in [0.25, 0.3) is 0 Å². The Kier molecular flexibility index (Phi) is 11.0. The molecule has 214 valence electrons.